The Morgan fingerprint density at radius 3 is 2.65 bits per heavy atom. The molecule has 0 aromatic heterocycles. The third-order valence-corrected chi connectivity index (χ3v) is 4.49. The molecule has 0 saturated carbocycles. The van der Waals surface area contributed by atoms with E-state index in [0.29, 0.717) is 6.04 Å². The lowest BCUT2D eigenvalue weighted by Gasteiger charge is -2.32. The summed E-state index contributed by atoms with van der Waals surface area (Å²) in [6.45, 7) is 8.33. The molecule has 2 rings (SSSR count). The molecule has 17 heavy (non-hydrogen) atoms. The highest BCUT2D eigenvalue weighted by Crippen LogP contribution is 2.25. The average molecular weight is 239 g/mol. The van der Waals surface area contributed by atoms with Gasteiger partial charge in [0.2, 0.25) is 0 Å². The molecule has 2 saturated heterocycles. The molecule has 2 heterocycles. The second-order valence-electron chi connectivity index (χ2n) is 5.70. The van der Waals surface area contributed by atoms with Gasteiger partial charge in [-0.15, -0.1) is 0 Å². The molecule has 0 aliphatic carbocycles. The monoisotopic (exact) mass is 239 g/mol. The van der Waals surface area contributed by atoms with E-state index in [1.54, 1.807) is 0 Å². The largest absolute Gasteiger partial charge is 0.329 e. The molecule has 0 aromatic carbocycles. The number of hydrogen-bond acceptors (Lipinski definition) is 3. The SMILES string of the molecule is CCCN1CCCC(N2CCCC2CN)CC1. The summed E-state index contributed by atoms with van der Waals surface area (Å²) in [5, 5.41) is 0. The van der Waals surface area contributed by atoms with Crippen molar-refractivity contribution in [3.63, 3.8) is 0 Å². The average Bonchev–Trinajstić information content (AvgIpc) is 2.70. The predicted molar refractivity (Wildman–Crippen MR) is 73.2 cm³/mol. The molecule has 0 aromatic rings. The molecule has 100 valence electrons. The van der Waals surface area contributed by atoms with E-state index in [1.165, 1.54) is 64.7 Å². The summed E-state index contributed by atoms with van der Waals surface area (Å²) in [6, 6.07) is 1.49. The number of nitrogens with two attached hydrogens (primary N) is 1. The summed E-state index contributed by atoms with van der Waals surface area (Å²) in [6.07, 6.45) is 8.09. The third-order valence-electron chi connectivity index (χ3n) is 4.49. The zero-order chi connectivity index (χ0) is 12.1. The van der Waals surface area contributed by atoms with E-state index in [0.717, 1.165) is 12.6 Å². The Morgan fingerprint density at radius 1 is 1.06 bits per heavy atom. The van der Waals surface area contributed by atoms with Gasteiger partial charge in [-0.1, -0.05) is 6.92 Å². The van der Waals surface area contributed by atoms with E-state index in [-0.39, 0.29) is 0 Å². The van der Waals surface area contributed by atoms with Gasteiger partial charge in [0.15, 0.2) is 0 Å². The lowest BCUT2D eigenvalue weighted by molar-refractivity contribution is 0.165. The van der Waals surface area contributed by atoms with Gasteiger partial charge in [-0.25, -0.2) is 0 Å². The van der Waals surface area contributed by atoms with Crippen LogP contribution < -0.4 is 5.73 Å². The molecule has 2 N–H and O–H groups in total. The normalized spacial score (nSPS) is 32.8. The van der Waals surface area contributed by atoms with Gasteiger partial charge >= 0.3 is 0 Å². The van der Waals surface area contributed by atoms with Crippen LogP contribution in [0.4, 0.5) is 0 Å². The molecule has 2 atom stereocenters. The maximum absolute atomic E-state index is 5.89. The fourth-order valence-electron chi connectivity index (χ4n) is 3.60. The standard InChI is InChI=1S/C14H29N3/c1-2-8-16-9-3-5-13(7-11-16)17-10-4-6-14(17)12-15/h13-14H,2-12,15H2,1H3. The zero-order valence-corrected chi connectivity index (χ0v) is 11.4. The van der Waals surface area contributed by atoms with Crippen molar-refractivity contribution in [1.29, 1.82) is 0 Å². The van der Waals surface area contributed by atoms with E-state index in [9.17, 15) is 0 Å². The molecule has 0 bridgehead atoms. The van der Waals surface area contributed by atoms with Crippen LogP contribution in [0.3, 0.4) is 0 Å². The topological polar surface area (TPSA) is 32.5 Å². The van der Waals surface area contributed by atoms with Crippen molar-refractivity contribution in [3.05, 3.63) is 0 Å². The van der Waals surface area contributed by atoms with Gasteiger partial charge in [0.05, 0.1) is 0 Å². The van der Waals surface area contributed by atoms with Crippen LogP contribution in [0.25, 0.3) is 0 Å². The molecule has 0 amide bonds. The fourth-order valence-corrected chi connectivity index (χ4v) is 3.60. The summed E-state index contributed by atoms with van der Waals surface area (Å²) in [5.41, 5.74) is 5.89. The highest BCUT2D eigenvalue weighted by atomic mass is 15.2. The summed E-state index contributed by atoms with van der Waals surface area (Å²) in [5.74, 6) is 0. The highest BCUT2D eigenvalue weighted by molar-refractivity contribution is 4.87. The van der Waals surface area contributed by atoms with Crippen molar-refractivity contribution in [2.45, 2.75) is 57.5 Å². The first-order valence-corrected chi connectivity index (χ1v) is 7.53. The molecular weight excluding hydrogens is 210 g/mol. The van der Waals surface area contributed by atoms with E-state index in [1.807, 2.05) is 0 Å². The van der Waals surface area contributed by atoms with Crippen LogP contribution in [0, 0.1) is 0 Å². The van der Waals surface area contributed by atoms with Crippen LogP contribution >= 0.6 is 0 Å². The van der Waals surface area contributed by atoms with Crippen molar-refractivity contribution in [2.75, 3.05) is 32.7 Å². The molecule has 2 aliphatic rings. The van der Waals surface area contributed by atoms with E-state index < -0.39 is 0 Å². The van der Waals surface area contributed by atoms with Crippen LogP contribution in [-0.2, 0) is 0 Å². The Hall–Kier alpha value is -0.120. The van der Waals surface area contributed by atoms with Gasteiger partial charge < -0.3 is 10.6 Å². The van der Waals surface area contributed by atoms with Crippen molar-refractivity contribution in [3.8, 4) is 0 Å². The van der Waals surface area contributed by atoms with Gasteiger partial charge in [0.1, 0.15) is 0 Å². The van der Waals surface area contributed by atoms with Gasteiger partial charge in [0.25, 0.3) is 0 Å². The Morgan fingerprint density at radius 2 is 1.88 bits per heavy atom. The van der Waals surface area contributed by atoms with E-state index in [4.69, 9.17) is 5.73 Å². The first-order chi connectivity index (χ1) is 8.35. The summed E-state index contributed by atoms with van der Waals surface area (Å²) in [7, 11) is 0. The second kappa shape index (κ2) is 6.72. The number of hydrogen-bond donors (Lipinski definition) is 1. The first-order valence-electron chi connectivity index (χ1n) is 7.53. The van der Waals surface area contributed by atoms with Crippen LogP contribution in [-0.4, -0.2) is 54.6 Å². The van der Waals surface area contributed by atoms with Gasteiger partial charge in [-0.2, -0.15) is 0 Å². The van der Waals surface area contributed by atoms with Crippen LogP contribution in [0.1, 0.15) is 45.4 Å². The molecule has 0 spiro atoms. The number of nitrogens with zero attached hydrogens (tertiary/aromatic N) is 2. The predicted octanol–water partition coefficient (Wildman–Crippen LogP) is 1.67. The van der Waals surface area contributed by atoms with Gasteiger partial charge in [-0.05, 0) is 64.7 Å². The molecule has 3 nitrogen and oxygen atoms in total. The van der Waals surface area contributed by atoms with E-state index in [2.05, 4.69) is 16.7 Å². The molecule has 3 heteroatoms. The molecule has 0 radical (unpaired) electrons. The Bertz CT molecular complexity index is 220. The van der Waals surface area contributed by atoms with Gasteiger partial charge in [-0.3, -0.25) is 4.90 Å². The van der Waals surface area contributed by atoms with Crippen LogP contribution in [0.2, 0.25) is 0 Å². The minimum Gasteiger partial charge on any atom is -0.329 e. The Balaban J connectivity index is 1.85. The highest BCUT2D eigenvalue weighted by Gasteiger charge is 2.30. The minimum atomic E-state index is 0.678. The molecule has 2 unspecified atom stereocenters. The summed E-state index contributed by atoms with van der Waals surface area (Å²) < 4.78 is 0. The van der Waals surface area contributed by atoms with Crippen molar-refractivity contribution >= 4 is 0 Å². The molecule has 2 aliphatic heterocycles. The first kappa shape index (κ1) is 13.3. The number of rotatable bonds is 4. The van der Waals surface area contributed by atoms with Crippen LogP contribution in [0.5, 0.6) is 0 Å². The quantitative estimate of drug-likeness (QED) is 0.810. The second-order valence-corrected chi connectivity index (χ2v) is 5.70. The number of likely N-dealkylation sites (tertiary alicyclic amines) is 2. The van der Waals surface area contributed by atoms with Crippen molar-refractivity contribution in [1.82, 2.24) is 9.80 Å². The Labute approximate surface area is 106 Å². The summed E-state index contributed by atoms with van der Waals surface area (Å²) in [4.78, 5) is 5.36. The van der Waals surface area contributed by atoms with Crippen LogP contribution in [0.15, 0.2) is 0 Å². The minimum absolute atomic E-state index is 0.678. The maximum atomic E-state index is 5.89. The Kier molecular flexibility index (Phi) is 5.26. The van der Waals surface area contributed by atoms with Crippen molar-refractivity contribution in [2.24, 2.45) is 5.73 Å². The molecular formula is C14H29N3. The zero-order valence-electron chi connectivity index (χ0n) is 11.4. The van der Waals surface area contributed by atoms with E-state index >= 15 is 0 Å². The molecule has 2 fully saturated rings. The van der Waals surface area contributed by atoms with Crippen molar-refractivity contribution < 1.29 is 0 Å². The summed E-state index contributed by atoms with van der Waals surface area (Å²) >= 11 is 0. The maximum Gasteiger partial charge on any atom is 0.0221 e. The smallest absolute Gasteiger partial charge is 0.0221 e. The fraction of sp³-hybridized carbons (Fsp3) is 1.00. The lowest BCUT2D eigenvalue weighted by atomic mass is 10.1. The van der Waals surface area contributed by atoms with Gasteiger partial charge in [0, 0.05) is 18.6 Å². The lowest BCUT2D eigenvalue weighted by Crippen LogP contribution is -2.43. The third kappa shape index (κ3) is 3.43.